The number of methoxy groups -OCH3 is 1. The van der Waals surface area contributed by atoms with Crippen molar-refractivity contribution < 1.29 is 9.15 Å². The topological polar surface area (TPSA) is 77.5 Å². The molecule has 1 aromatic carbocycles. The van der Waals surface area contributed by atoms with Gasteiger partial charge >= 0.3 is 0 Å². The standard InChI is InChI=1S/C20H19N5O2/c1-26-16-9-3-2-6-13(16)12-21-19-14-7-4-8-15(14)22-20-23-18(24-25(19)20)17-10-5-11-27-17/h2-3,5-6,9-11,21H,4,7-8,12H2,1H3. The molecule has 7 heteroatoms. The number of nitrogens with one attached hydrogen (secondary N) is 1. The van der Waals surface area contributed by atoms with E-state index in [2.05, 4.69) is 21.5 Å². The Kier molecular flexibility index (Phi) is 3.78. The first-order chi connectivity index (χ1) is 13.3. The summed E-state index contributed by atoms with van der Waals surface area (Å²) < 4.78 is 12.7. The van der Waals surface area contributed by atoms with E-state index in [1.807, 2.05) is 30.3 Å². The summed E-state index contributed by atoms with van der Waals surface area (Å²) in [6, 6.07) is 11.7. The van der Waals surface area contributed by atoms with Crippen LogP contribution in [0.2, 0.25) is 0 Å². The van der Waals surface area contributed by atoms with Crippen LogP contribution in [-0.4, -0.2) is 26.7 Å². The molecule has 1 aliphatic rings. The Balaban J connectivity index is 1.57. The largest absolute Gasteiger partial charge is 0.496 e. The van der Waals surface area contributed by atoms with Crippen LogP contribution in [-0.2, 0) is 19.4 Å². The highest BCUT2D eigenvalue weighted by atomic mass is 16.5. The minimum absolute atomic E-state index is 0.538. The highest BCUT2D eigenvalue weighted by molar-refractivity contribution is 5.58. The van der Waals surface area contributed by atoms with Crippen molar-refractivity contribution >= 4 is 11.6 Å². The molecule has 0 aliphatic heterocycles. The second kappa shape index (κ2) is 6.42. The van der Waals surface area contributed by atoms with E-state index in [4.69, 9.17) is 14.1 Å². The Bertz CT molecular complexity index is 1100. The minimum Gasteiger partial charge on any atom is -0.496 e. The fourth-order valence-electron chi connectivity index (χ4n) is 3.60. The van der Waals surface area contributed by atoms with E-state index in [0.717, 1.165) is 42.1 Å². The number of rotatable bonds is 5. The lowest BCUT2D eigenvalue weighted by Gasteiger charge is -2.14. The van der Waals surface area contributed by atoms with Gasteiger partial charge < -0.3 is 14.5 Å². The van der Waals surface area contributed by atoms with Crippen LogP contribution in [0.4, 0.5) is 5.82 Å². The average Bonchev–Trinajstić information content (AvgIpc) is 3.44. The third-order valence-electron chi connectivity index (χ3n) is 4.89. The summed E-state index contributed by atoms with van der Waals surface area (Å²) >= 11 is 0. The van der Waals surface area contributed by atoms with Crippen molar-refractivity contribution in [3.63, 3.8) is 0 Å². The van der Waals surface area contributed by atoms with Crippen molar-refractivity contribution in [3.05, 3.63) is 59.5 Å². The van der Waals surface area contributed by atoms with Crippen LogP contribution >= 0.6 is 0 Å². The zero-order valence-corrected chi connectivity index (χ0v) is 15.0. The van der Waals surface area contributed by atoms with Gasteiger partial charge in [0, 0.05) is 17.7 Å². The third-order valence-corrected chi connectivity index (χ3v) is 4.89. The molecule has 0 saturated carbocycles. The van der Waals surface area contributed by atoms with Gasteiger partial charge in [0.2, 0.25) is 5.82 Å². The van der Waals surface area contributed by atoms with E-state index < -0.39 is 0 Å². The van der Waals surface area contributed by atoms with Crippen molar-refractivity contribution in [1.29, 1.82) is 0 Å². The monoisotopic (exact) mass is 361 g/mol. The molecule has 1 N–H and O–H groups in total. The van der Waals surface area contributed by atoms with Crippen molar-refractivity contribution in [2.45, 2.75) is 25.8 Å². The number of para-hydroxylation sites is 1. The molecule has 4 aromatic rings. The lowest BCUT2D eigenvalue weighted by molar-refractivity contribution is 0.410. The summed E-state index contributed by atoms with van der Waals surface area (Å²) in [5.41, 5.74) is 3.40. The first-order valence-corrected chi connectivity index (χ1v) is 9.01. The van der Waals surface area contributed by atoms with Gasteiger partial charge in [0.1, 0.15) is 11.6 Å². The SMILES string of the molecule is COc1ccccc1CNc1c2c(nc3nc(-c4ccco4)nn13)CCC2. The summed E-state index contributed by atoms with van der Waals surface area (Å²) in [5.74, 6) is 3.57. The Morgan fingerprint density at radius 3 is 2.93 bits per heavy atom. The first kappa shape index (κ1) is 15.9. The van der Waals surface area contributed by atoms with Crippen LogP contribution in [0.3, 0.4) is 0 Å². The van der Waals surface area contributed by atoms with Gasteiger partial charge in [0.25, 0.3) is 5.78 Å². The molecule has 136 valence electrons. The Morgan fingerprint density at radius 1 is 1.15 bits per heavy atom. The highest BCUT2D eigenvalue weighted by Crippen LogP contribution is 2.30. The molecule has 0 saturated heterocycles. The summed E-state index contributed by atoms with van der Waals surface area (Å²) in [5, 5.41) is 8.19. The maximum Gasteiger partial charge on any atom is 0.255 e. The predicted molar refractivity (Wildman–Crippen MR) is 101 cm³/mol. The van der Waals surface area contributed by atoms with Crippen molar-refractivity contribution in [1.82, 2.24) is 19.6 Å². The lowest BCUT2D eigenvalue weighted by Crippen LogP contribution is -2.10. The second-order valence-electron chi connectivity index (χ2n) is 6.53. The molecule has 7 nitrogen and oxygen atoms in total. The average molecular weight is 361 g/mol. The van der Waals surface area contributed by atoms with Gasteiger partial charge in [-0.25, -0.2) is 4.98 Å². The summed E-state index contributed by atoms with van der Waals surface area (Å²) in [6.07, 6.45) is 4.68. The Hall–Kier alpha value is -3.35. The molecule has 0 atom stereocenters. The van der Waals surface area contributed by atoms with Gasteiger partial charge in [-0.3, -0.25) is 0 Å². The molecular formula is C20H19N5O2. The summed E-state index contributed by atoms with van der Waals surface area (Å²) in [7, 11) is 1.69. The molecule has 0 unspecified atom stereocenters. The van der Waals surface area contributed by atoms with Crippen LogP contribution in [0.1, 0.15) is 23.2 Å². The van der Waals surface area contributed by atoms with Gasteiger partial charge in [0.05, 0.1) is 19.1 Å². The van der Waals surface area contributed by atoms with Gasteiger partial charge in [-0.1, -0.05) is 18.2 Å². The maximum absolute atomic E-state index is 5.47. The maximum atomic E-state index is 5.47. The highest BCUT2D eigenvalue weighted by Gasteiger charge is 2.23. The van der Waals surface area contributed by atoms with E-state index in [1.54, 1.807) is 17.9 Å². The van der Waals surface area contributed by atoms with Crippen LogP contribution in [0, 0.1) is 0 Å². The molecular weight excluding hydrogens is 342 g/mol. The van der Waals surface area contributed by atoms with Gasteiger partial charge in [-0.15, -0.1) is 5.10 Å². The first-order valence-electron chi connectivity index (χ1n) is 9.01. The minimum atomic E-state index is 0.538. The zero-order valence-electron chi connectivity index (χ0n) is 15.0. The number of aryl methyl sites for hydroxylation is 1. The smallest absolute Gasteiger partial charge is 0.255 e. The molecule has 5 rings (SSSR count). The molecule has 0 spiro atoms. The van der Waals surface area contributed by atoms with Gasteiger partial charge in [-0.05, 0) is 37.5 Å². The molecule has 27 heavy (non-hydrogen) atoms. The molecule has 1 aliphatic carbocycles. The number of benzene rings is 1. The van der Waals surface area contributed by atoms with Crippen LogP contribution in [0.25, 0.3) is 17.4 Å². The number of furan rings is 1. The number of aromatic nitrogens is 4. The molecule has 0 amide bonds. The Labute approximate surface area is 156 Å². The van der Waals surface area contributed by atoms with Crippen LogP contribution in [0.5, 0.6) is 5.75 Å². The normalized spacial score (nSPS) is 13.1. The van der Waals surface area contributed by atoms with E-state index in [9.17, 15) is 0 Å². The fourth-order valence-corrected chi connectivity index (χ4v) is 3.60. The van der Waals surface area contributed by atoms with Crippen molar-refractivity contribution in [2.75, 3.05) is 12.4 Å². The molecule has 3 aromatic heterocycles. The van der Waals surface area contributed by atoms with E-state index in [0.29, 0.717) is 23.9 Å². The lowest BCUT2D eigenvalue weighted by atomic mass is 10.2. The molecule has 3 heterocycles. The van der Waals surface area contributed by atoms with E-state index in [1.165, 1.54) is 5.56 Å². The van der Waals surface area contributed by atoms with Crippen LogP contribution in [0.15, 0.2) is 47.1 Å². The van der Waals surface area contributed by atoms with Crippen molar-refractivity contribution in [3.8, 4) is 17.3 Å². The quantitative estimate of drug-likeness (QED) is 0.586. The molecule has 0 bridgehead atoms. The fraction of sp³-hybridized carbons (Fsp3) is 0.250. The van der Waals surface area contributed by atoms with Crippen LogP contribution < -0.4 is 10.1 Å². The number of hydrogen-bond acceptors (Lipinski definition) is 6. The van der Waals surface area contributed by atoms with Gasteiger partial charge in [0.15, 0.2) is 5.76 Å². The van der Waals surface area contributed by atoms with Crippen molar-refractivity contribution in [2.24, 2.45) is 0 Å². The second-order valence-corrected chi connectivity index (χ2v) is 6.53. The summed E-state index contributed by atoms with van der Waals surface area (Å²) in [6.45, 7) is 0.630. The van der Waals surface area contributed by atoms with Gasteiger partial charge in [-0.2, -0.15) is 9.50 Å². The predicted octanol–water partition coefficient (Wildman–Crippen LogP) is 3.49. The molecule has 0 fully saturated rings. The Morgan fingerprint density at radius 2 is 2.07 bits per heavy atom. The van der Waals surface area contributed by atoms with E-state index in [-0.39, 0.29) is 0 Å². The zero-order chi connectivity index (χ0) is 18.2. The number of nitrogens with zero attached hydrogens (tertiary/aromatic N) is 4. The molecule has 0 radical (unpaired) electrons. The number of anilines is 1. The van der Waals surface area contributed by atoms with E-state index >= 15 is 0 Å². The number of hydrogen-bond donors (Lipinski definition) is 1. The summed E-state index contributed by atoms with van der Waals surface area (Å²) in [4.78, 5) is 9.28. The number of fused-ring (bicyclic) bond motifs is 2. The third kappa shape index (κ3) is 2.71. The number of ether oxygens (including phenoxy) is 1.